The third-order valence-corrected chi connectivity index (χ3v) is 4.87. The Morgan fingerprint density at radius 1 is 0.758 bits per heavy atom. The van der Waals surface area contributed by atoms with Crippen LogP contribution in [0.3, 0.4) is 0 Å². The molecule has 0 aliphatic heterocycles. The molecule has 0 radical (unpaired) electrons. The highest BCUT2D eigenvalue weighted by Gasteiger charge is 2.28. The SMILES string of the molecule is CC(C)(C)OC(=O)NCCCCCC(=O)CCCCC(N)(N)C(=O)NCCCCCC(=O)O. The summed E-state index contributed by atoms with van der Waals surface area (Å²) in [6.07, 6.45) is 6.41. The molecule has 0 spiro atoms. The fourth-order valence-corrected chi connectivity index (χ4v) is 3.05. The topological polar surface area (TPSA) is 174 Å². The van der Waals surface area contributed by atoms with Crippen molar-refractivity contribution in [3.63, 3.8) is 0 Å². The van der Waals surface area contributed by atoms with Gasteiger partial charge in [0.15, 0.2) is 0 Å². The molecule has 0 unspecified atom stereocenters. The second-order valence-electron chi connectivity index (χ2n) is 9.49. The highest BCUT2D eigenvalue weighted by Crippen LogP contribution is 2.11. The van der Waals surface area contributed by atoms with Crippen molar-refractivity contribution >= 4 is 23.8 Å². The minimum absolute atomic E-state index is 0.121. The van der Waals surface area contributed by atoms with Crippen LogP contribution in [0.15, 0.2) is 0 Å². The number of nitrogens with two attached hydrogens (primary N) is 2. The number of Topliss-reactive ketones (excluding diaryl/α,β-unsaturated/α-hetero) is 1. The van der Waals surface area contributed by atoms with E-state index in [4.69, 9.17) is 21.3 Å². The van der Waals surface area contributed by atoms with Gasteiger partial charge in [-0.3, -0.25) is 14.4 Å². The molecule has 0 saturated carbocycles. The first kappa shape index (κ1) is 30.8. The van der Waals surface area contributed by atoms with Crippen LogP contribution in [0.5, 0.6) is 0 Å². The number of alkyl carbamates (subject to hydrolysis) is 1. The van der Waals surface area contributed by atoms with E-state index < -0.39 is 29.2 Å². The summed E-state index contributed by atoms with van der Waals surface area (Å²) in [5, 5.41) is 14.0. The number of hydrogen-bond acceptors (Lipinski definition) is 7. The van der Waals surface area contributed by atoms with Crippen LogP contribution < -0.4 is 22.1 Å². The number of hydrogen-bond donors (Lipinski definition) is 5. The number of ketones is 1. The van der Waals surface area contributed by atoms with E-state index in [9.17, 15) is 19.2 Å². The van der Waals surface area contributed by atoms with E-state index in [1.165, 1.54) is 0 Å². The van der Waals surface area contributed by atoms with Crippen LogP contribution in [0.2, 0.25) is 0 Å². The smallest absolute Gasteiger partial charge is 0.407 e. The van der Waals surface area contributed by atoms with Crippen molar-refractivity contribution in [1.29, 1.82) is 0 Å². The maximum Gasteiger partial charge on any atom is 0.407 e. The fraction of sp³-hybridized carbons (Fsp3) is 0.826. The molecule has 0 fully saturated rings. The van der Waals surface area contributed by atoms with Crippen molar-refractivity contribution in [2.75, 3.05) is 13.1 Å². The highest BCUT2D eigenvalue weighted by atomic mass is 16.6. The molecule has 0 saturated heterocycles. The summed E-state index contributed by atoms with van der Waals surface area (Å²) in [7, 11) is 0. The van der Waals surface area contributed by atoms with Gasteiger partial charge in [-0.05, 0) is 65.7 Å². The van der Waals surface area contributed by atoms with Crippen molar-refractivity contribution < 1.29 is 29.0 Å². The van der Waals surface area contributed by atoms with Crippen LogP contribution in [0.25, 0.3) is 0 Å². The Labute approximate surface area is 197 Å². The monoisotopic (exact) mass is 472 g/mol. The summed E-state index contributed by atoms with van der Waals surface area (Å²) in [6, 6.07) is 0. The van der Waals surface area contributed by atoms with Crippen LogP contribution in [0.4, 0.5) is 4.79 Å². The minimum atomic E-state index is -1.48. The van der Waals surface area contributed by atoms with Gasteiger partial charge >= 0.3 is 12.1 Å². The molecule has 33 heavy (non-hydrogen) atoms. The van der Waals surface area contributed by atoms with E-state index in [-0.39, 0.29) is 18.6 Å². The Balaban J connectivity index is 3.76. The van der Waals surface area contributed by atoms with Gasteiger partial charge in [-0.15, -0.1) is 0 Å². The lowest BCUT2D eigenvalue weighted by Gasteiger charge is -2.23. The van der Waals surface area contributed by atoms with Crippen molar-refractivity contribution in [3.05, 3.63) is 0 Å². The fourth-order valence-electron chi connectivity index (χ4n) is 3.05. The van der Waals surface area contributed by atoms with E-state index in [2.05, 4.69) is 10.6 Å². The van der Waals surface area contributed by atoms with Gasteiger partial charge in [0.2, 0.25) is 0 Å². The Morgan fingerprint density at radius 2 is 1.27 bits per heavy atom. The molecule has 0 aliphatic rings. The molecule has 0 heterocycles. The second-order valence-corrected chi connectivity index (χ2v) is 9.49. The first-order valence-electron chi connectivity index (χ1n) is 11.9. The zero-order valence-electron chi connectivity index (χ0n) is 20.5. The van der Waals surface area contributed by atoms with Crippen LogP contribution in [-0.2, 0) is 19.1 Å². The first-order valence-corrected chi connectivity index (χ1v) is 11.9. The first-order chi connectivity index (χ1) is 15.3. The van der Waals surface area contributed by atoms with Crippen molar-refractivity contribution in [2.24, 2.45) is 11.5 Å². The number of carboxylic acid groups (broad SMARTS) is 1. The summed E-state index contributed by atoms with van der Waals surface area (Å²) in [6.45, 7) is 6.35. The molecular formula is C23H44N4O6. The van der Waals surface area contributed by atoms with E-state index in [1.807, 2.05) is 20.8 Å². The van der Waals surface area contributed by atoms with Crippen molar-refractivity contribution in [3.8, 4) is 0 Å². The maximum atomic E-state index is 12.1. The number of rotatable bonds is 18. The van der Waals surface area contributed by atoms with Gasteiger partial charge in [-0.2, -0.15) is 0 Å². The average Bonchev–Trinajstić information content (AvgIpc) is 2.68. The van der Waals surface area contributed by atoms with Gasteiger partial charge < -0.3 is 31.9 Å². The molecule has 0 aromatic carbocycles. The largest absolute Gasteiger partial charge is 0.481 e. The Morgan fingerprint density at radius 3 is 1.82 bits per heavy atom. The number of carbonyl (C=O) groups excluding carboxylic acids is 3. The lowest BCUT2D eigenvalue weighted by atomic mass is 10.00. The molecule has 2 amide bonds. The van der Waals surface area contributed by atoms with Gasteiger partial charge in [0.05, 0.1) is 0 Å². The third-order valence-electron chi connectivity index (χ3n) is 4.87. The van der Waals surface area contributed by atoms with Gasteiger partial charge in [-0.1, -0.05) is 12.8 Å². The summed E-state index contributed by atoms with van der Waals surface area (Å²) < 4.78 is 5.15. The molecule has 0 bridgehead atoms. The summed E-state index contributed by atoms with van der Waals surface area (Å²) in [5.41, 5.74) is 9.81. The zero-order valence-corrected chi connectivity index (χ0v) is 20.5. The summed E-state index contributed by atoms with van der Waals surface area (Å²) >= 11 is 0. The van der Waals surface area contributed by atoms with E-state index >= 15 is 0 Å². The number of nitrogens with one attached hydrogen (secondary N) is 2. The van der Waals surface area contributed by atoms with Gasteiger partial charge in [-0.25, -0.2) is 4.79 Å². The molecule has 7 N–H and O–H groups in total. The molecule has 0 aromatic rings. The van der Waals surface area contributed by atoms with Crippen molar-refractivity contribution in [1.82, 2.24) is 10.6 Å². The molecule has 10 nitrogen and oxygen atoms in total. The lowest BCUT2D eigenvalue weighted by Crippen LogP contribution is -2.61. The lowest BCUT2D eigenvalue weighted by molar-refractivity contribution is -0.137. The van der Waals surface area contributed by atoms with Gasteiger partial charge in [0.1, 0.15) is 17.0 Å². The highest BCUT2D eigenvalue weighted by molar-refractivity contribution is 5.85. The third kappa shape index (κ3) is 19.0. The van der Waals surface area contributed by atoms with E-state index in [0.717, 1.165) is 19.3 Å². The van der Waals surface area contributed by atoms with Crippen LogP contribution in [-0.4, -0.2) is 53.2 Å². The van der Waals surface area contributed by atoms with Crippen LogP contribution in [0, 0.1) is 0 Å². The zero-order chi connectivity index (χ0) is 25.3. The average molecular weight is 473 g/mol. The molecular weight excluding hydrogens is 428 g/mol. The number of unbranched alkanes of at least 4 members (excludes halogenated alkanes) is 5. The van der Waals surface area contributed by atoms with Crippen molar-refractivity contribution in [2.45, 2.75) is 109 Å². The summed E-state index contributed by atoms with van der Waals surface area (Å²) in [5.74, 6) is -1.10. The normalized spacial score (nSPS) is 11.7. The standard InChI is InChI=1S/C23H44N4O6/c1-22(2,3)33-21(32)27-17-11-4-6-12-18(28)13-8-9-15-23(24,25)20(31)26-16-10-5-7-14-19(29)30/h4-17,24-25H2,1-3H3,(H,26,31)(H,27,32)(H,29,30). The molecule has 0 atom stereocenters. The molecule has 0 rings (SSSR count). The van der Waals surface area contributed by atoms with E-state index in [0.29, 0.717) is 58.0 Å². The molecule has 0 aromatic heterocycles. The molecule has 192 valence electrons. The molecule has 10 heteroatoms. The Kier molecular flexibility index (Phi) is 15.3. The van der Waals surface area contributed by atoms with Gasteiger partial charge in [0, 0.05) is 32.4 Å². The van der Waals surface area contributed by atoms with Crippen LogP contribution in [0.1, 0.15) is 97.8 Å². The number of ether oxygens (including phenoxy) is 1. The van der Waals surface area contributed by atoms with Crippen LogP contribution >= 0.6 is 0 Å². The molecule has 0 aliphatic carbocycles. The predicted molar refractivity (Wildman–Crippen MR) is 126 cm³/mol. The number of aliphatic carboxylic acids is 1. The summed E-state index contributed by atoms with van der Waals surface area (Å²) in [4.78, 5) is 46.1. The Hall–Kier alpha value is -2.20. The minimum Gasteiger partial charge on any atom is -0.481 e. The number of carbonyl (C=O) groups is 4. The maximum absolute atomic E-state index is 12.1. The number of carboxylic acids is 1. The van der Waals surface area contributed by atoms with Gasteiger partial charge in [0.25, 0.3) is 5.91 Å². The number of amides is 2. The second kappa shape index (κ2) is 16.4. The van der Waals surface area contributed by atoms with E-state index in [1.54, 1.807) is 0 Å². The Bertz CT molecular complexity index is 617. The predicted octanol–water partition coefficient (Wildman–Crippen LogP) is 2.58. The quantitative estimate of drug-likeness (QED) is 0.149.